The fraction of sp³-hybridized carbons (Fsp3) is 0.100. The van der Waals surface area contributed by atoms with Crippen molar-refractivity contribution in [1.29, 1.82) is 0 Å². The maximum absolute atomic E-state index is 4.10. The lowest BCUT2D eigenvalue weighted by Crippen LogP contribution is -2.06. The second-order valence-electron chi connectivity index (χ2n) is 2.41. The van der Waals surface area contributed by atoms with Gasteiger partial charge in [0.2, 0.25) is 0 Å². The summed E-state index contributed by atoms with van der Waals surface area (Å²) in [6.07, 6.45) is 3.49. The molecule has 0 aliphatic carbocycles. The van der Waals surface area contributed by atoms with Gasteiger partial charge in [0.05, 0.1) is 11.4 Å². The van der Waals surface area contributed by atoms with Crippen LogP contribution in [0.3, 0.4) is 0 Å². The van der Waals surface area contributed by atoms with Gasteiger partial charge in [-0.2, -0.15) is 0 Å². The highest BCUT2D eigenvalue weighted by Crippen LogP contribution is 2.19. The van der Waals surface area contributed by atoms with Crippen molar-refractivity contribution in [3.8, 4) is 0 Å². The number of allylic oxidation sites excluding steroid dienone is 3. The van der Waals surface area contributed by atoms with Gasteiger partial charge in [0.1, 0.15) is 0 Å². The first-order chi connectivity index (χ1) is 5.74. The molecule has 0 bridgehead atoms. The number of aliphatic imine (C=N–C) groups is 1. The lowest BCUT2D eigenvalue weighted by molar-refractivity contribution is 1.10. The van der Waals surface area contributed by atoms with Gasteiger partial charge in [-0.05, 0) is 6.08 Å². The molecule has 0 spiro atoms. The monoisotopic (exact) mass is 160 g/mol. The molecule has 1 rings (SSSR count). The zero-order valence-corrected chi connectivity index (χ0v) is 7.22. The molecule has 1 aliphatic heterocycles. The van der Waals surface area contributed by atoms with Crippen molar-refractivity contribution in [3.63, 3.8) is 0 Å². The third kappa shape index (κ3) is 1.11. The van der Waals surface area contributed by atoms with Crippen LogP contribution in [0.25, 0.3) is 0 Å². The first-order valence-corrected chi connectivity index (χ1v) is 3.67. The third-order valence-corrected chi connectivity index (χ3v) is 1.75. The van der Waals surface area contributed by atoms with Crippen molar-refractivity contribution in [2.24, 2.45) is 4.99 Å². The highest BCUT2D eigenvalue weighted by Gasteiger charge is 2.18. The molecule has 1 aliphatic rings. The zero-order chi connectivity index (χ0) is 9.14. The summed E-state index contributed by atoms with van der Waals surface area (Å²) >= 11 is 0. The fourth-order valence-corrected chi connectivity index (χ4v) is 1.20. The molecule has 0 radical (unpaired) electrons. The van der Waals surface area contributed by atoms with Crippen LogP contribution in [0.2, 0.25) is 0 Å². The maximum Gasteiger partial charge on any atom is 0.0892 e. The Labute approximate surface area is 72.7 Å². The van der Waals surface area contributed by atoms with Crippen molar-refractivity contribution in [3.05, 3.63) is 48.9 Å². The van der Waals surface area contributed by atoms with Gasteiger partial charge in [0.15, 0.2) is 0 Å². The molecule has 2 nitrogen and oxygen atoms in total. The van der Waals surface area contributed by atoms with E-state index in [0.29, 0.717) is 0 Å². The first kappa shape index (κ1) is 8.53. The molecular weight excluding hydrogens is 148 g/mol. The molecule has 12 heavy (non-hydrogen) atoms. The Balaban J connectivity index is 3.21. The third-order valence-electron chi connectivity index (χ3n) is 1.75. The minimum Gasteiger partial charge on any atom is -0.354 e. The van der Waals surface area contributed by atoms with Crippen LogP contribution in [0.5, 0.6) is 0 Å². The van der Waals surface area contributed by atoms with E-state index < -0.39 is 0 Å². The largest absolute Gasteiger partial charge is 0.354 e. The summed E-state index contributed by atoms with van der Waals surface area (Å²) < 4.78 is 0. The molecule has 1 heterocycles. The lowest BCUT2D eigenvalue weighted by Gasteiger charge is -1.96. The molecule has 0 aromatic heterocycles. The van der Waals surface area contributed by atoms with Crippen molar-refractivity contribution < 1.29 is 0 Å². The molecule has 2 heteroatoms. The summed E-state index contributed by atoms with van der Waals surface area (Å²) in [6.45, 7) is 11.2. The lowest BCUT2D eigenvalue weighted by atomic mass is 10.1. The summed E-state index contributed by atoms with van der Waals surface area (Å²) in [5, 5.41) is 3.07. The van der Waals surface area contributed by atoms with Crippen LogP contribution in [0.15, 0.2) is 53.8 Å². The fourth-order valence-electron chi connectivity index (χ4n) is 1.20. The summed E-state index contributed by atoms with van der Waals surface area (Å²) in [6, 6.07) is 0. The van der Waals surface area contributed by atoms with Crippen molar-refractivity contribution in [2.45, 2.75) is 0 Å². The Morgan fingerprint density at radius 3 is 2.42 bits per heavy atom. The molecule has 0 saturated carbocycles. The van der Waals surface area contributed by atoms with Gasteiger partial charge in [-0.25, -0.2) is 0 Å². The SMILES string of the molecule is C=CC1=C(C=C)C(=NC)C(=C)N1. The minimum atomic E-state index is 0.808. The number of nitrogens with zero attached hydrogens (tertiary/aromatic N) is 1. The smallest absolute Gasteiger partial charge is 0.0892 e. The van der Waals surface area contributed by atoms with Crippen LogP contribution < -0.4 is 5.32 Å². The Hall–Kier alpha value is -1.57. The summed E-state index contributed by atoms with van der Waals surface area (Å²) in [7, 11) is 1.73. The molecule has 1 N–H and O–H groups in total. The topological polar surface area (TPSA) is 24.4 Å². The zero-order valence-electron chi connectivity index (χ0n) is 7.22. The number of rotatable bonds is 2. The second-order valence-corrected chi connectivity index (χ2v) is 2.41. The molecular formula is C10H12N2. The van der Waals surface area contributed by atoms with Gasteiger partial charge in [-0.1, -0.05) is 25.8 Å². The van der Waals surface area contributed by atoms with E-state index in [9.17, 15) is 0 Å². The predicted molar refractivity (Wildman–Crippen MR) is 53.1 cm³/mol. The highest BCUT2D eigenvalue weighted by atomic mass is 15.0. The van der Waals surface area contributed by atoms with E-state index in [1.165, 1.54) is 0 Å². The van der Waals surface area contributed by atoms with E-state index in [2.05, 4.69) is 30.0 Å². The standard InChI is InChI=1S/C10H12N2/c1-5-8-9(6-2)12-7(3)10(8)11-4/h5-6,12H,1-3H2,4H3. The average Bonchev–Trinajstić information content (AvgIpc) is 2.40. The van der Waals surface area contributed by atoms with Gasteiger partial charge in [-0.15, -0.1) is 0 Å². The number of nitrogens with one attached hydrogen (secondary N) is 1. The highest BCUT2D eigenvalue weighted by molar-refractivity contribution is 6.16. The molecule has 0 saturated heterocycles. The minimum absolute atomic E-state index is 0.808. The number of hydrogen-bond donors (Lipinski definition) is 1. The van der Waals surface area contributed by atoms with Gasteiger partial charge in [0, 0.05) is 18.3 Å². The maximum atomic E-state index is 4.10. The van der Waals surface area contributed by atoms with Crippen LogP contribution in [0.1, 0.15) is 0 Å². The van der Waals surface area contributed by atoms with Crippen molar-refractivity contribution in [1.82, 2.24) is 5.32 Å². The molecule has 0 amide bonds. The molecule has 62 valence electrons. The van der Waals surface area contributed by atoms with Gasteiger partial charge in [-0.3, -0.25) is 4.99 Å². The van der Waals surface area contributed by atoms with Gasteiger partial charge >= 0.3 is 0 Å². The predicted octanol–water partition coefficient (Wildman–Crippen LogP) is 1.80. The van der Waals surface area contributed by atoms with Gasteiger partial charge < -0.3 is 5.32 Å². The van der Waals surface area contributed by atoms with Crippen LogP contribution >= 0.6 is 0 Å². The molecule has 0 unspecified atom stereocenters. The normalized spacial score (nSPS) is 19.8. The quantitative estimate of drug-likeness (QED) is 0.654. The average molecular weight is 160 g/mol. The summed E-state index contributed by atoms with van der Waals surface area (Å²) in [5.74, 6) is 0. The van der Waals surface area contributed by atoms with Gasteiger partial charge in [0.25, 0.3) is 0 Å². The summed E-state index contributed by atoms with van der Waals surface area (Å²) in [4.78, 5) is 4.10. The van der Waals surface area contributed by atoms with E-state index in [0.717, 1.165) is 22.7 Å². The Bertz CT molecular complexity index is 306. The number of hydrogen-bond acceptors (Lipinski definition) is 2. The van der Waals surface area contributed by atoms with E-state index in [-0.39, 0.29) is 0 Å². The second kappa shape index (κ2) is 3.22. The molecule has 0 aromatic rings. The van der Waals surface area contributed by atoms with E-state index in [1.807, 2.05) is 0 Å². The Kier molecular flexibility index (Phi) is 2.29. The van der Waals surface area contributed by atoms with Crippen molar-refractivity contribution in [2.75, 3.05) is 7.05 Å². The van der Waals surface area contributed by atoms with Crippen molar-refractivity contribution >= 4 is 5.71 Å². The molecule has 0 aromatic carbocycles. The van der Waals surface area contributed by atoms with Crippen LogP contribution in [0, 0.1) is 0 Å². The van der Waals surface area contributed by atoms with Crippen LogP contribution in [-0.4, -0.2) is 12.8 Å². The first-order valence-electron chi connectivity index (χ1n) is 3.67. The Morgan fingerprint density at radius 1 is 1.33 bits per heavy atom. The summed E-state index contributed by atoms with van der Waals surface area (Å²) in [5.41, 5.74) is 3.57. The molecule has 0 atom stereocenters. The van der Waals surface area contributed by atoms with E-state index >= 15 is 0 Å². The van der Waals surface area contributed by atoms with Crippen LogP contribution in [0.4, 0.5) is 0 Å². The molecule has 0 fully saturated rings. The van der Waals surface area contributed by atoms with Crippen LogP contribution in [-0.2, 0) is 0 Å². The van der Waals surface area contributed by atoms with E-state index in [4.69, 9.17) is 0 Å². The van der Waals surface area contributed by atoms with E-state index in [1.54, 1.807) is 19.2 Å². The Morgan fingerprint density at radius 2 is 2.00 bits per heavy atom.